The molecule has 2 unspecified atom stereocenters. The van der Waals surface area contributed by atoms with Gasteiger partial charge in [0.15, 0.2) is 0 Å². The van der Waals surface area contributed by atoms with Crippen molar-refractivity contribution in [2.24, 2.45) is 5.92 Å². The minimum atomic E-state index is -0.523. The molecule has 21 heavy (non-hydrogen) atoms. The Morgan fingerprint density at radius 3 is 2.67 bits per heavy atom. The van der Waals surface area contributed by atoms with Gasteiger partial charge in [-0.05, 0) is 24.5 Å². The molecule has 0 saturated carbocycles. The number of benzene rings is 1. The lowest BCUT2D eigenvalue weighted by molar-refractivity contribution is 0.0245. The number of halogens is 1. The maximum Gasteiger partial charge on any atom is 0.0945 e. The minimum absolute atomic E-state index is 0.361. The maximum atomic E-state index is 9.93. The van der Waals surface area contributed by atoms with Crippen LogP contribution >= 0.6 is 11.6 Å². The van der Waals surface area contributed by atoms with Crippen LogP contribution in [0.5, 0.6) is 0 Å². The third kappa shape index (κ3) is 7.70. The van der Waals surface area contributed by atoms with Gasteiger partial charge in [0.2, 0.25) is 0 Å². The number of anilines is 1. The van der Waals surface area contributed by atoms with Crippen molar-refractivity contribution < 1.29 is 9.84 Å². The molecule has 0 aliphatic carbocycles. The molecule has 2 N–H and O–H groups in total. The van der Waals surface area contributed by atoms with E-state index in [-0.39, 0.29) is 0 Å². The Morgan fingerprint density at radius 1 is 1.24 bits per heavy atom. The first-order valence-corrected chi connectivity index (χ1v) is 8.29. The summed E-state index contributed by atoms with van der Waals surface area (Å²) in [6, 6.07) is 7.52. The van der Waals surface area contributed by atoms with E-state index in [2.05, 4.69) is 19.2 Å². The zero-order valence-electron chi connectivity index (χ0n) is 13.1. The molecule has 1 rings (SSSR count). The van der Waals surface area contributed by atoms with Crippen molar-refractivity contribution in [3.63, 3.8) is 0 Å². The standard InChI is InChI=1S/C17H28ClNO2/c1-3-5-8-14(4-2)12-21-13-15(20)11-19-17-10-7-6-9-16(17)18/h6-7,9-10,14-15,19-20H,3-5,8,11-13H2,1-2H3. The van der Waals surface area contributed by atoms with E-state index in [9.17, 15) is 5.11 Å². The number of aliphatic hydroxyl groups excluding tert-OH is 1. The van der Waals surface area contributed by atoms with Gasteiger partial charge in [-0.1, -0.05) is 56.8 Å². The summed E-state index contributed by atoms with van der Waals surface area (Å²) in [6.45, 7) is 5.94. The van der Waals surface area contributed by atoms with E-state index in [0.717, 1.165) is 18.7 Å². The van der Waals surface area contributed by atoms with Crippen LogP contribution in [0.3, 0.4) is 0 Å². The van der Waals surface area contributed by atoms with Gasteiger partial charge in [0.1, 0.15) is 0 Å². The van der Waals surface area contributed by atoms with Gasteiger partial charge in [0.05, 0.1) is 23.4 Å². The van der Waals surface area contributed by atoms with Gasteiger partial charge in [0, 0.05) is 13.2 Å². The van der Waals surface area contributed by atoms with Crippen LogP contribution < -0.4 is 5.32 Å². The fraction of sp³-hybridized carbons (Fsp3) is 0.647. The van der Waals surface area contributed by atoms with Gasteiger partial charge in [-0.25, -0.2) is 0 Å². The van der Waals surface area contributed by atoms with Crippen LogP contribution in [0.25, 0.3) is 0 Å². The number of para-hydroxylation sites is 1. The molecule has 0 bridgehead atoms. The Bertz CT molecular complexity index is 387. The summed E-state index contributed by atoms with van der Waals surface area (Å²) in [5, 5.41) is 13.7. The largest absolute Gasteiger partial charge is 0.389 e. The van der Waals surface area contributed by atoms with Crippen LogP contribution in [0.1, 0.15) is 39.5 Å². The van der Waals surface area contributed by atoms with Gasteiger partial charge in [-0.2, -0.15) is 0 Å². The van der Waals surface area contributed by atoms with E-state index < -0.39 is 6.10 Å². The Labute approximate surface area is 133 Å². The van der Waals surface area contributed by atoms with Crippen molar-refractivity contribution in [2.45, 2.75) is 45.6 Å². The average molecular weight is 314 g/mol. The van der Waals surface area contributed by atoms with Crippen LogP contribution in [0, 0.1) is 5.92 Å². The second kappa shape index (κ2) is 10.9. The predicted octanol–water partition coefficient (Wildman–Crippen LogP) is 4.35. The molecule has 1 aromatic carbocycles. The molecule has 0 aromatic heterocycles. The van der Waals surface area contributed by atoms with E-state index in [0.29, 0.717) is 24.1 Å². The van der Waals surface area contributed by atoms with Gasteiger partial charge in [0.25, 0.3) is 0 Å². The van der Waals surface area contributed by atoms with Gasteiger partial charge in [-0.15, -0.1) is 0 Å². The first-order valence-electron chi connectivity index (χ1n) is 7.91. The first-order chi connectivity index (χ1) is 10.2. The van der Waals surface area contributed by atoms with Crippen LogP contribution in [-0.2, 0) is 4.74 Å². The van der Waals surface area contributed by atoms with E-state index in [4.69, 9.17) is 16.3 Å². The number of nitrogens with one attached hydrogen (secondary N) is 1. The maximum absolute atomic E-state index is 9.93. The molecule has 0 radical (unpaired) electrons. The molecule has 1 aromatic rings. The molecule has 3 nitrogen and oxygen atoms in total. The SMILES string of the molecule is CCCCC(CC)COCC(O)CNc1ccccc1Cl. The lowest BCUT2D eigenvalue weighted by atomic mass is 10.0. The van der Waals surface area contributed by atoms with Crippen molar-refractivity contribution in [3.8, 4) is 0 Å². The fourth-order valence-electron chi connectivity index (χ4n) is 2.16. The van der Waals surface area contributed by atoms with Crippen molar-refractivity contribution >= 4 is 17.3 Å². The molecule has 0 aliphatic heterocycles. The molecule has 0 saturated heterocycles. The topological polar surface area (TPSA) is 41.5 Å². The van der Waals surface area contributed by atoms with E-state index in [1.807, 2.05) is 24.3 Å². The highest BCUT2D eigenvalue weighted by Gasteiger charge is 2.09. The number of aliphatic hydroxyl groups is 1. The first kappa shape index (κ1) is 18.3. The molecular formula is C17H28ClNO2. The number of hydrogen-bond acceptors (Lipinski definition) is 3. The molecule has 120 valence electrons. The summed E-state index contributed by atoms with van der Waals surface area (Å²) in [7, 11) is 0. The van der Waals surface area contributed by atoms with Crippen molar-refractivity contribution in [1.29, 1.82) is 0 Å². The minimum Gasteiger partial charge on any atom is -0.389 e. The molecule has 4 heteroatoms. The summed E-state index contributed by atoms with van der Waals surface area (Å²) in [5.41, 5.74) is 0.840. The average Bonchev–Trinajstić information content (AvgIpc) is 2.50. The molecular weight excluding hydrogens is 286 g/mol. The number of rotatable bonds is 11. The lowest BCUT2D eigenvalue weighted by Crippen LogP contribution is -2.26. The highest BCUT2D eigenvalue weighted by Crippen LogP contribution is 2.20. The molecule has 0 fully saturated rings. The molecule has 0 spiro atoms. The van der Waals surface area contributed by atoms with Crippen molar-refractivity contribution in [3.05, 3.63) is 29.3 Å². The molecule has 0 aliphatic rings. The Morgan fingerprint density at radius 2 is 2.00 bits per heavy atom. The normalized spacial score (nSPS) is 13.9. The summed E-state index contributed by atoms with van der Waals surface area (Å²) < 4.78 is 5.64. The number of hydrogen-bond donors (Lipinski definition) is 2. The van der Waals surface area contributed by atoms with E-state index in [1.165, 1.54) is 19.3 Å². The Kier molecular flexibility index (Phi) is 9.48. The quantitative estimate of drug-likeness (QED) is 0.638. The molecule has 2 atom stereocenters. The fourth-order valence-corrected chi connectivity index (χ4v) is 2.36. The van der Waals surface area contributed by atoms with Crippen molar-refractivity contribution in [2.75, 3.05) is 25.1 Å². The van der Waals surface area contributed by atoms with Crippen LogP contribution in [0.4, 0.5) is 5.69 Å². The highest BCUT2D eigenvalue weighted by atomic mass is 35.5. The second-order valence-corrected chi connectivity index (χ2v) is 5.88. The monoisotopic (exact) mass is 313 g/mol. The Hall–Kier alpha value is -0.770. The Balaban J connectivity index is 2.19. The zero-order valence-corrected chi connectivity index (χ0v) is 13.9. The molecule has 0 amide bonds. The van der Waals surface area contributed by atoms with Gasteiger partial charge < -0.3 is 15.2 Å². The van der Waals surface area contributed by atoms with Crippen molar-refractivity contribution in [1.82, 2.24) is 0 Å². The third-order valence-corrected chi connectivity index (χ3v) is 3.94. The third-order valence-electron chi connectivity index (χ3n) is 3.61. The van der Waals surface area contributed by atoms with Gasteiger partial charge in [-0.3, -0.25) is 0 Å². The van der Waals surface area contributed by atoms with Crippen LogP contribution in [0.2, 0.25) is 5.02 Å². The van der Waals surface area contributed by atoms with E-state index >= 15 is 0 Å². The zero-order chi connectivity index (χ0) is 15.5. The van der Waals surface area contributed by atoms with E-state index in [1.54, 1.807) is 0 Å². The lowest BCUT2D eigenvalue weighted by Gasteiger charge is -2.17. The summed E-state index contributed by atoms with van der Waals surface area (Å²) >= 11 is 6.05. The summed E-state index contributed by atoms with van der Waals surface area (Å²) in [5.74, 6) is 0.605. The molecule has 0 heterocycles. The summed E-state index contributed by atoms with van der Waals surface area (Å²) in [6.07, 6.45) is 4.29. The number of ether oxygens (including phenoxy) is 1. The second-order valence-electron chi connectivity index (χ2n) is 5.47. The highest BCUT2D eigenvalue weighted by molar-refractivity contribution is 6.33. The summed E-state index contributed by atoms with van der Waals surface area (Å²) in [4.78, 5) is 0. The van der Waals surface area contributed by atoms with Crippen LogP contribution in [-0.4, -0.2) is 31.0 Å². The van der Waals surface area contributed by atoms with Crippen LogP contribution in [0.15, 0.2) is 24.3 Å². The number of unbranched alkanes of at least 4 members (excludes halogenated alkanes) is 1. The predicted molar refractivity (Wildman–Crippen MR) is 90.1 cm³/mol. The van der Waals surface area contributed by atoms with Gasteiger partial charge >= 0.3 is 0 Å². The smallest absolute Gasteiger partial charge is 0.0945 e.